The van der Waals surface area contributed by atoms with Gasteiger partial charge < -0.3 is 14.5 Å². The molecule has 3 heterocycles. The first-order chi connectivity index (χ1) is 11.1. The third kappa shape index (κ3) is 4.36. The molecule has 3 rings (SSSR count). The monoisotopic (exact) mass is 337 g/mol. The summed E-state index contributed by atoms with van der Waals surface area (Å²) in [6, 6.07) is 5.64. The molecule has 0 spiro atoms. The Morgan fingerprint density at radius 2 is 2.09 bits per heavy atom. The molecule has 0 N–H and O–H groups in total. The van der Waals surface area contributed by atoms with E-state index in [1.54, 1.807) is 6.07 Å². The Kier molecular flexibility index (Phi) is 5.38. The lowest BCUT2D eigenvalue weighted by atomic mass is 10.1. The summed E-state index contributed by atoms with van der Waals surface area (Å²) in [6.07, 6.45) is 4.26. The van der Waals surface area contributed by atoms with Gasteiger partial charge in [0.15, 0.2) is 0 Å². The minimum atomic E-state index is 0.242. The van der Waals surface area contributed by atoms with Crippen LogP contribution in [0.5, 0.6) is 0 Å². The minimum Gasteiger partial charge on any atom is -0.375 e. The van der Waals surface area contributed by atoms with Crippen molar-refractivity contribution in [3.63, 3.8) is 0 Å². The molecule has 0 bridgehead atoms. The number of aromatic nitrogens is 1. The molecule has 0 radical (unpaired) electrons. The lowest BCUT2D eigenvalue weighted by molar-refractivity contribution is -0.132. The Balaban J connectivity index is 1.44. The number of nitrogens with zero attached hydrogens (tertiary/aromatic N) is 3. The van der Waals surface area contributed by atoms with Gasteiger partial charge in [-0.15, -0.1) is 0 Å². The molecule has 2 aliphatic heterocycles. The standard InChI is InChI=1S/C17H24ClN3O2/c1-13-5-6-14(23-13)7-8-17(22)21-11-9-20(10-12-21)16-4-2-3-15(18)19-16/h2-4,13-14H,5-12H2,1H3/t13-,14-/m0/s1. The number of carbonyl (C=O) groups excluding carboxylic acids is 1. The Hall–Kier alpha value is -1.33. The minimum absolute atomic E-state index is 0.242. The number of anilines is 1. The molecule has 2 saturated heterocycles. The van der Waals surface area contributed by atoms with Gasteiger partial charge >= 0.3 is 0 Å². The maximum atomic E-state index is 12.3. The van der Waals surface area contributed by atoms with Crippen molar-refractivity contribution in [2.75, 3.05) is 31.1 Å². The number of ether oxygens (including phenoxy) is 1. The quantitative estimate of drug-likeness (QED) is 0.792. The first-order valence-electron chi connectivity index (χ1n) is 8.42. The van der Waals surface area contributed by atoms with Crippen molar-refractivity contribution in [2.24, 2.45) is 0 Å². The van der Waals surface area contributed by atoms with Crippen LogP contribution in [-0.2, 0) is 9.53 Å². The van der Waals surface area contributed by atoms with E-state index >= 15 is 0 Å². The second-order valence-corrected chi connectivity index (χ2v) is 6.76. The number of piperazine rings is 1. The molecule has 5 nitrogen and oxygen atoms in total. The number of carbonyl (C=O) groups is 1. The van der Waals surface area contributed by atoms with Crippen molar-refractivity contribution >= 4 is 23.3 Å². The fourth-order valence-electron chi connectivity index (χ4n) is 3.30. The lowest BCUT2D eigenvalue weighted by Crippen LogP contribution is -2.49. The Labute approximate surface area is 142 Å². The highest BCUT2D eigenvalue weighted by atomic mass is 35.5. The van der Waals surface area contributed by atoms with Crippen LogP contribution < -0.4 is 4.90 Å². The highest BCUT2D eigenvalue weighted by molar-refractivity contribution is 6.29. The molecule has 0 saturated carbocycles. The van der Waals surface area contributed by atoms with Gasteiger partial charge in [-0.3, -0.25) is 4.79 Å². The van der Waals surface area contributed by atoms with E-state index in [4.69, 9.17) is 16.3 Å². The van der Waals surface area contributed by atoms with Gasteiger partial charge in [0.1, 0.15) is 11.0 Å². The molecule has 1 aromatic heterocycles. The molecular weight excluding hydrogens is 314 g/mol. The molecule has 126 valence electrons. The van der Waals surface area contributed by atoms with Crippen LogP contribution in [0.15, 0.2) is 18.2 Å². The second kappa shape index (κ2) is 7.49. The predicted molar refractivity (Wildman–Crippen MR) is 90.8 cm³/mol. The van der Waals surface area contributed by atoms with Crippen molar-refractivity contribution < 1.29 is 9.53 Å². The summed E-state index contributed by atoms with van der Waals surface area (Å²) in [6.45, 7) is 5.20. The lowest BCUT2D eigenvalue weighted by Gasteiger charge is -2.35. The number of pyridine rings is 1. The van der Waals surface area contributed by atoms with Crippen molar-refractivity contribution in [3.05, 3.63) is 23.4 Å². The number of rotatable bonds is 4. The molecule has 2 aliphatic rings. The van der Waals surface area contributed by atoms with E-state index in [1.807, 2.05) is 17.0 Å². The smallest absolute Gasteiger partial charge is 0.222 e. The average Bonchev–Trinajstić information content (AvgIpc) is 2.98. The Bertz CT molecular complexity index is 546. The van der Waals surface area contributed by atoms with E-state index in [0.29, 0.717) is 17.7 Å². The fraction of sp³-hybridized carbons (Fsp3) is 0.647. The molecule has 0 aromatic carbocycles. The molecule has 1 amide bonds. The third-order valence-electron chi connectivity index (χ3n) is 4.66. The highest BCUT2D eigenvalue weighted by Crippen LogP contribution is 2.23. The maximum absolute atomic E-state index is 12.3. The van der Waals surface area contributed by atoms with Crippen molar-refractivity contribution in [1.29, 1.82) is 0 Å². The Morgan fingerprint density at radius 1 is 1.30 bits per heavy atom. The molecule has 0 aliphatic carbocycles. The topological polar surface area (TPSA) is 45.7 Å². The summed E-state index contributed by atoms with van der Waals surface area (Å²) < 4.78 is 5.79. The van der Waals surface area contributed by atoms with Gasteiger partial charge in [-0.1, -0.05) is 17.7 Å². The zero-order chi connectivity index (χ0) is 16.2. The van der Waals surface area contributed by atoms with Gasteiger partial charge in [-0.2, -0.15) is 0 Å². The number of amides is 1. The summed E-state index contributed by atoms with van der Waals surface area (Å²) >= 11 is 5.94. The molecule has 2 atom stereocenters. The van der Waals surface area contributed by atoms with E-state index in [9.17, 15) is 4.79 Å². The van der Waals surface area contributed by atoms with Crippen LogP contribution in [0, 0.1) is 0 Å². The largest absolute Gasteiger partial charge is 0.375 e. The summed E-state index contributed by atoms with van der Waals surface area (Å²) in [7, 11) is 0. The predicted octanol–water partition coefficient (Wildman–Crippen LogP) is 2.73. The van der Waals surface area contributed by atoms with E-state index in [1.165, 1.54) is 0 Å². The van der Waals surface area contributed by atoms with Crippen LogP contribution >= 0.6 is 11.6 Å². The van der Waals surface area contributed by atoms with Gasteiger partial charge in [0.05, 0.1) is 12.2 Å². The van der Waals surface area contributed by atoms with Crippen molar-refractivity contribution in [2.45, 2.75) is 44.8 Å². The van der Waals surface area contributed by atoms with Crippen LogP contribution in [-0.4, -0.2) is 54.2 Å². The molecular formula is C17H24ClN3O2. The average molecular weight is 338 g/mol. The van der Waals surface area contributed by atoms with Crippen LogP contribution in [0.4, 0.5) is 5.82 Å². The zero-order valence-electron chi connectivity index (χ0n) is 13.6. The molecule has 2 fully saturated rings. The molecule has 0 unspecified atom stereocenters. The fourth-order valence-corrected chi connectivity index (χ4v) is 3.46. The van der Waals surface area contributed by atoms with Crippen molar-refractivity contribution in [3.8, 4) is 0 Å². The van der Waals surface area contributed by atoms with Crippen molar-refractivity contribution in [1.82, 2.24) is 9.88 Å². The first-order valence-corrected chi connectivity index (χ1v) is 8.80. The Morgan fingerprint density at radius 3 is 2.74 bits per heavy atom. The normalized spacial score (nSPS) is 25.0. The van der Waals surface area contributed by atoms with Crippen LogP contribution in [0.1, 0.15) is 32.6 Å². The highest BCUT2D eigenvalue weighted by Gasteiger charge is 2.25. The molecule has 1 aromatic rings. The van der Waals surface area contributed by atoms with Crippen LogP contribution in [0.2, 0.25) is 5.15 Å². The third-order valence-corrected chi connectivity index (χ3v) is 4.87. The summed E-state index contributed by atoms with van der Waals surface area (Å²) in [4.78, 5) is 20.8. The molecule has 6 heteroatoms. The van der Waals surface area contributed by atoms with Gasteiger partial charge in [0.2, 0.25) is 5.91 Å². The van der Waals surface area contributed by atoms with Crippen LogP contribution in [0.25, 0.3) is 0 Å². The van der Waals surface area contributed by atoms with Gasteiger partial charge in [-0.05, 0) is 38.3 Å². The SMILES string of the molecule is C[C@H]1CC[C@@H](CCC(=O)N2CCN(c3cccc(Cl)n3)CC2)O1. The summed E-state index contributed by atoms with van der Waals surface area (Å²) in [5.41, 5.74) is 0. The number of hydrogen-bond acceptors (Lipinski definition) is 4. The second-order valence-electron chi connectivity index (χ2n) is 6.37. The number of halogens is 1. The zero-order valence-corrected chi connectivity index (χ0v) is 14.3. The van der Waals surface area contributed by atoms with Crippen LogP contribution in [0.3, 0.4) is 0 Å². The van der Waals surface area contributed by atoms with E-state index in [0.717, 1.165) is 51.3 Å². The summed E-state index contributed by atoms with van der Waals surface area (Å²) in [5, 5.41) is 0.506. The number of hydrogen-bond donors (Lipinski definition) is 0. The molecule has 23 heavy (non-hydrogen) atoms. The van der Waals surface area contributed by atoms with E-state index < -0.39 is 0 Å². The van der Waals surface area contributed by atoms with Gasteiger partial charge in [-0.25, -0.2) is 4.98 Å². The van der Waals surface area contributed by atoms with Gasteiger partial charge in [0, 0.05) is 32.6 Å². The summed E-state index contributed by atoms with van der Waals surface area (Å²) in [5.74, 6) is 1.13. The van der Waals surface area contributed by atoms with E-state index in [-0.39, 0.29) is 12.0 Å². The maximum Gasteiger partial charge on any atom is 0.222 e. The van der Waals surface area contributed by atoms with E-state index in [2.05, 4.69) is 16.8 Å². The van der Waals surface area contributed by atoms with Gasteiger partial charge in [0.25, 0.3) is 0 Å². The first kappa shape index (κ1) is 16.5.